The Hall–Kier alpha value is -1.38. The molecule has 1 rings (SSSR count). The molecule has 0 aliphatic rings. The summed E-state index contributed by atoms with van der Waals surface area (Å²) >= 11 is 0. The van der Waals surface area contributed by atoms with Crippen LogP contribution in [0.25, 0.3) is 0 Å². The summed E-state index contributed by atoms with van der Waals surface area (Å²) in [5, 5.41) is 2.89. The van der Waals surface area contributed by atoms with E-state index < -0.39 is 0 Å². The van der Waals surface area contributed by atoms with Gasteiger partial charge in [0.1, 0.15) is 12.1 Å². The minimum atomic E-state index is 0.810. The van der Waals surface area contributed by atoms with Gasteiger partial charge in [0, 0.05) is 11.8 Å². The standard InChI is InChI=1S/C7H9N3.C2H6/c1-3-9-7-6(2)4-8-5-10-7;1-2/h3-5H,1H2,2H3,(H,8,9,10);1-2H3. The predicted octanol–water partition coefficient (Wildman–Crippen LogP) is 2.37. The Labute approximate surface area is 73.6 Å². The molecule has 0 saturated heterocycles. The molecule has 0 radical (unpaired) electrons. The van der Waals surface area contributed by atoms with Gasteiger partial charge in [0.05, 0.1) is 0 Å². The lowest BCUT2D eigenvalue weighted by atomic mass is 10.3. The third kappa shape index (κ3) is 3.14. The van der Waals surface area contributed by atoms with Gasteiger partial charge in [-0.1, -0.05) is 20.4 Å². The van der Waals surface area contributed by atoms with E-state index in [0.29, 0.717) is 0 Å². The van der Waals surface area contributed by atoms with Crippen LogP contribution in [0.3, 0.4) is 0 Å². The summed E-state index contributed by atoms with van der Waals surface area (Å²) in [6, 6.07) is 0. The van der Waals surface area contributed by atoms with Crippen molar-refractivity contribution in [2.24, 2.45) is 0 Å². The third-order valence-corrected chi connectivity index (χ3v) is 1.13. The molecule has 3 nitrogen and oxygen atoms in total. The minimum absolute atomic E-state index is 0.810. The first-order chi connectivity index (χ1) is 5.84. The maximum absolute atomic E-state index is 3.97. The Kier molecular flexibility index (Phi) is 5.61. The molecular formula is C9H15N3. The van der Waals surface area contributed by atoms with Crippen LogP contribution in [0.4, 0.5) is 5.82 Å². The van der Waals surface area contributed by atoms with E-state index in [9.17, 15) is 0 Å². The van der Waals surface area contributed by atoms with E-state index in [1.165, 1.54) is 6.33 Å². The van der Waals surface area contributed by atoms with Gasteiger partial charge in [0.2, 0.25) is 0 Å². The average Bonchev–Trinajstić information content (AvgIpc) is 2.13. The monoisotopic (exact) mass is 165 g/mol. The Morgan fingerprint density at radius 3 is 2.67 bits per heavy atom. The van der Waals surface area contributed by atoms with Gasteiger partial charge in [-0.2, -0.15) is 0 Å². The summed E-state index contributed by atoms with van der Waals surface area (Å²) in [5.74, 6) is 0.810. The summed E-state index contributed by atoms with van der Waals surface area (Å²) in [5.41, 5.74) is 1.02. The number of anilines is 1. The number of hydrogen-bond acceptors (Lipinski definition) is 3. The number of hydrogen-bond donors (Lipinski definition) is 1. The van der Waals surface area contributed by atoms with Crippen molar-refractivity contribution in [1.29, 1.82) is 0 Å². The van der Waals surface area contributed by atoms with E-state index in [0.717, 1.165) is 11.4 Å². The number of aryl methyl sites for hydroxylation is 1. The highest BCUT2D eigenvalue weighted by Gasteiger charge is 1.92. The molecule has 1 heterocycles. The molecule has 0 spiro atoms. The molecule has 1 aromatic rings. The Morgan fingerprint density at radius 2 is 2.17 bits per heavy atom. The molecular weight excluding hydrogens is 150 g/mol. The molecule has 0 fully saturated rings. The summed E-state index contributed by atoms with van der Waals surface area (Å²) in [6.07, 6.45) is 4.84. The van der Waals surface area contributed by atoms with Gasteiger partial charge in [0.25, 0.3) is 0 Å². The Bertz CT molecular complexity index is 233. The number of nitrogens with zero attached hydrogens (tertiary/aromatic N) is 2. The molecule has 0 amide bonds. The van der Waals surface area contributed by atoms with Crippen molar-refractivity contribution in [3.8, 4) is 0 Å². The molecule has 0 saturated carbocycles. The van der Waals surface area contributed by atoms with Crippen molar-refractivity contribution in [2.75, 3.05) is 5.32 Å². The summed E-state index contributed by atoms with van der Waals surface area (Å²) in [7, 11) is 0. The van der Waals surface area contributed by atoms with Gasteiger partial charge in [-0.05, 0) is 13.1 Å². The maximum Gasteiger partial charge on any atom is 0.136 e. The molecule has 0 atom stereocenters. The van der Waals surface area contributed by atoms with Crippen molar-refractivity contribution in [2.45, 2.75) is 20.8 Å². The summed E-state index contributed by atoms with van der Waals surface area (Å²) < 4.78 is 0. The van der Waals surface area contributed by atoms with E-state index in [1.54, 1.807) is 12.4 Å². The van der Waals surface area contributed by atoms with Crippen molar-refractivity contribution in [1.82, 2.24) is 9.97 Å². The first kappa shape index (κ1) is 10.6. The van der Waals surface area contributed by atoms with Crippen molar-refractivity contribution in [3.05, 3.63) is 30.9 Å². The highest BCUT2D eigenvalue weighted by molar-refractivity contribution is 5.42. The second-order valence-corrected chi connectivity index (χ2v) is 1.90. The summed E-state index contributed by atoms with van der Waals surface area (Å²) in [6.45, 7) is 9.46. The third-order valence-electron chi connectivity index (χ3n) is 1.13. The number of nitrogens with one attached hydrogen (secondary N) is 1. The van der Waals surface area contributed by atoms with Crippen LogP contribution in [0, 0.1) is 6.92 Å². The van der Waals surface area contributed by atoms with E-state index in [4.69, 9.17) is 0 Å². The van der Waals surface area contributed by atoms with Crippen LogP contribution in [-0.4, -0.2) is 9.97 Å². The number of rotatable bonds is 2. The fourth-order valence-electron chi connectivity index (χ4n) is 0.647. The highest BCUT2D eigenvalue weighted by Crippen LogP contribution is 2.06. The van der Waals surface area contributed by atoms with Gasteiger partial charge in [-0.3, -0.25) is 0 Å². The van der Waals surface area contributed by atoms with Crippen molar-refractivity contribution in [3.63, 3.8) is 0 Å². The van der Waals surface area contributed by atoms with Crippen LogP contribution in [0.1, 0.15) is 19.4 Å². The second-order valence-electron chi connectivity index (χ2n) is 1.90. The molecule has 0 aliphatic heterocycles. The zero-order chi connectivity index (χ0) is 9.40. The molecule has 12 heavy (non-hydrogen) atoms. The fourth-order valence-corrected chi connectivity index (χ4v) is 0.647. The minimum Gasteiger partial charge on any atom is -0.347 e. The normalized spacial score (nSPS) is 7.92. The SMILES string of the molecule is C=CNc1ncncc1C.CC. The van der Waals surface area contributed by atoms with Gasteiger partial charge in [-0.15, -0.1) is 0 Å². The molecule has 0 unspecified atom stereocenters. The van der Waals surface area contributed by atoms with Crippen LogP contribution < -0.4 is 5.32 Å². The molecule has 0 aromatic carbocycles. The predicted molar refractivity (Wildman–Crippen MR) is 51.9 cm³/mol. The lowest BCUT2D eigenvalue weighted by Crippen LogP contribution is -1.93. The Morgan fingerprint density at radius 1 is 1.50 bits per heavy atom. The zero-order valence-corrected chi connectivity index (χ0v) is 7.83. The van der Waals surface area contributed by atoms with Crippen LogP contribution >= 0.6 is 0 Å². The van der Waals surface area contributed by atoms with E-state index in [1.807, 2.05) is 20.8 Å². The molecule has 66 valence electrons. The van der Waals surface area contributed by atoms with Crippen LogP contribution in [0.5, 0.6) is 0 Å². The van der Waals surface area contributed by atoms with Crippen LogP contribution in [0.15, 0.2) is 25.3 Å². The molecule has 0 bridgehead atoms. The van der Waals surface area contributed by atoms with Gasteiger partial charge in [0.15, 0.2) is 0 Å². The molecule has 1 aromatic heterocycles. The van der Waals surface area contributed by atoms with Crippen molar-refractivity contribution < 1.29 is 0 Å². The average molecular weight is 165 g/mol. The molecule has 1 N–H and O–H groups in total. The van der Waals surface area contributed by atoms with Crippen LogP contribution in [0.2, 0.25) is 0 Å². The largest absolute Gasteiger partial charge is 0.347 e. The lowest BCUT2D eigenvalue weighted by molar-refractivity contribution is 1.13. The first-order valence-corrected chi connectivity index (χ1v) is 3.98. The van der Waals surface area contributed by atoms with E-state index in [-0.39, 0.29) is 0 Å². The van der Waals surface area contributed by atoms with Crippen molar-refractivity contribution >= 4 is 5.82 Å². The first-order valence-electron chi connectivity index (χ1n) is 3.98. The topological polar surface area (TPSA) is 37.8 Å². The second kappa shape index (κ2) is 6.34. The van der Waals surface area contributed by atoms with E-state index in [2.05, 4.69) is 21.9 Å². The smallest absolute Gasteiger partial charge is 0.136 e. The fraction of sp³-hybridized carbons (Fsp3) is 0.333. The van der Waals surface area contributed by atoms with E-state index >= 15 is 0 Å². The van der Waals surface area contributed by atoms with Gasteiger partial charge < -0.3 is 5.32 Å². The quantitative estimate of drug-likeness (QED) is 0.731. The molecule has 3 heteroatoms. The number of aromatic nitrogens is 2. The zero-order valence-electron chi connectivity index (χ0n) is 7.83. The van der Waals surface area contributed by atoms with Crippen LogP contribution in [-0.2, 0) is 0 Å². The summed E-state index contributed by atoms with van der Waals surface area (Å²) in [4.78, 5) is 7.82. The Balaban J connectivity index is 0.000000561. The van der Waals surface area contributed by atoms with Gasteiger partial charge in [-0.25, -0.2) is 9.97 Å². The lowest BCUT2D eigenvalue weighted by Gasteiger charge is -2.00. The highest BCUT2D eigenvalue weighted by atomic mass is 15.0. The molecule has 0 aliphatic carbocycles. The van der Waals surface area contributed by atoms with Gasteiger partial charge >= 0.3 is 0 Å². The maximum atomic E-state index is 3.97.